The Hall–Kier alpha value is -2.40. The first-order chi connectivity index (χ1) is 18.1. The Labute approximate surface area is 230 Å². The minimum Gasteiger partial charge on any atom is -0.480 e. The normalized spacial score (nSPS) is 17.2. The number of carbonyl (C=O) groups excluding carboxylic acids is 1. The molecule has 1 aliphatic rings. The highest BCUT2D eigenvalue weighted by molar-refractivity contribution is 7.98. The van der Waals surface area contributed by atoms with Gasteiger partial charge in [0.1, 0.15) is 6.04 Å². The quantitative estimate of drug-likeness (QED) is 0.315. The second-order valence-corrected chi connectivity index (χ2v) is 12.6. The molecule has 2 atom stereocenters. The van der Waals surface area contributed by atoms with Gasteiger partial charge in [-0.05, 0) is 99.5 Å². The predicted molar refractivity (Wildman–Crippen MR) is 153 cm³/mol. The van der Waals surface area contributed by atoms with Crippen molar-refractivity contribution in [2.75, 3.05) is 31.6 Å². The molecule has 1 amide bonds. The van der Waals surface area contributed by atoms with Gasteiger partial charge in [0.25, 0.3) is 5.91 Å². The molecular formula is C28H39N3O5S2. The molecule has 1 saturated heterocycles. The van der Waals surface area contributed by atoms with Gasteiger partial charge in [-0.15, -0.1) is 0 Å². The third-order valence-corrected chi connectivity index (χ3v) is 9.15. The van der Waals surface area contributed by atoms with E-state index in [0.717, 1.165) is 18.7 Å². The van der Waals surface area contributed by atoms with Crippen LogP contribution in [0.4, 0.5) is 0 Å². The van der Waals surface area contributed by atoms with Crippen LogP contribution in [0.5, 0.6) is 0 Å². The van der Waals surface area contributed by atoms with Gasteiger partial charge in [0.15, 0.2) is 0 Å². The number of aryl methyl sites for hydroxylation is 1. The van der Waals surface area contributed by atoms with Gasteiger partial charge in [-0.3, -0.25) is 4.79 Å². The Balaban J connectivity index is 1.82. The van der Waals surface area contributed by atoms with Gasteiger partial charge in [0, 0.05) is 18.2 Å². The van der Waals surface area contributed by atoms with Crippen molar-refractivity contribution in [1.82, 2.24) is 14.9 Å². The van der Waals surface area contributed by atoms with E-state index < -0.39 is 27.9 Å². The van der Waals surface area contributed by atoms with Crippen LogP contribution in [0.1, 0.15) is 54.9 Å². The van der Waals surface area contributed by atoms with Crippen molar-refractivity contribution in [3.63, 3.8) is 0 Å². The van der Waals surface area contributed by atoms with Crippen LogP contribution in [0.3, 0.4) is 0 Å². The molecule has 2 aromatic carbocycles. The molecule has 10 heteroatoms. The Bertz CT molecular complexity index is 1220. The summed E-state index contributed by atoms with van der Waals surface area (Å²) in [6.07, 6.45) is 6.48. The fourth-order valence-corrected chi connectivity index (χ4v) is 6.35. The van der Waals surface area contributed by atoms with Crippen molar-refractivity contribution in [3.8, 4) is 11.1 Å². The summed E-state index contributed by atoms with van der Waals surface area (Å²) in [5.74, 6) is -1.07. The van der Waals surface area contributed by atoms with Crippen molar-refractivity contribution in [2.24, 2.45) is 0 Å². The minimum absolute atomic E-state index is 0.0656. The number of aliphatic carboxylic acids is 1. The van der Waals surface area contributed by atoms with Crippen LogP contribution >= 0.6 is 11.8 Å². The molecule has 1 fully saturated rings. The predicted octanol–water partition coefficient (Wildman–Crippen LogP) is 4.14. The van der Waals surface area contributed by atoms with Crippen LogP contribution < -0.4 is 10.0 Å². The zero-order chi connectivity index (χ0) is 27.7. The molecule has 38 heavy (non-hydrogen) atoms. The van der Waals surface area contributed by atoms with Gasteiger partial charge in [0.2, 0.25) is 10.0 Å². The number of hydrogen-bond donors (Lipinski definition) is 3. The van der Waals surface area contributed by atoms with Crippen molar-refractivity contribution < 1.29 is 23.1 Å². The molecule has 2 aromatic rings. The highest BCUT2D eigenvalue weighted by Crippen LogP contribution is 2.30. The molecule has 0 aromatic heterocycles. The second-order valence-electron chi connectivity index (χ2n) is 9.80. The number of rotatable bonds is 13. The van der Waals surface area contributed by atoms with Crippen molar-refractivity contribution in [1.29, 1.82) is 0 Å². The molecular weight excluding hydrogens is 522 g/mol. The standard InChI is InChI=1S/C28H39N3O5S2/c1-20-9-4-5-11-23(20)25-19-22(12-13-24(25)27(32)30-26(28(33)34)14-18-37-3)38(35,36)29-15-8-17-31-16-7-6-10-21(31)2/h4-5,9,11-13,19,21,26,29H,6-8,10,14-18H2,1-3H3,(H,30,32)(H,33,34). The van der Waals surface area contributed by atoms with Gasteiger partial charge in [-0.25, -0.2) is 17.9 Å². The lowest BCUT2D eigenvalue weighted by Gasteiger charge is -2.33. The average Bonchev–Trinajstić information content (AvgIpc) is 2.89. The Morgan fingerprint density at radius 3 is 2.61 bits per heavy atom. The number of amides is 1. The third-order valence-electron chi connectivity index (χ3n) is 7.05. The second kappa shape index (κ2) is 14.1. The summed E-state index contributed by atoms with van der Waals surface area (Å²) >= 11 is 1.50. The first-order valence-electron chi connectivity index (χ1n) is 13.1. The average molecular weight is 562 g/mol. The first-order valence-corrected chi connectivity index (χ1v) is 16.0. The third kappa shape index (κ3) is 8.05. The number of carboxylic acids is 1. The molecule has 1 heterocycles. The smallest absolute Gasteiger partial charge is 0.326 e. The van der Waals surface area contributed by atoms with E-state index in [-0.39, 0.29) is 16.9 Å². The molecule has 0 radical (unpaired) electrons. The number of carbonyl (C=O) groups is 2. The van der Waals surface area contributed by atoms with Crippen LogP contribution in [-0.4, -0.2) is 74.0 Å². The van der Waals surface area contributed by atoms with E-state index in [4.69, 9.17) is 0 Å². The van der Waals surface area contributed by atoms with Gasteiger partial charge in [-0.1, -0.05) is 30.7 Å². The molecule has 1 aliphatic heterocycles. The van der Waals surface area contributed by atoms with Gasteiger partial charge < -0.3 is 15.3 Å². The van der Waals surface area contributed by atoms with E-state index in [1.54, 1.807) is 0 Å². The molecule has 8 nitrogen and oxygen atoms in total. The summed E-state index contributed by atoms with van der Waals surface area (Å²) in [6, 6.07) is 11.3. The number of nitrogens with one attached hydrogen (secondary N) is 2. The number of hydrogen-bond acceptors (Lipinski definition) is 6. The SMILES string of the molecule is CSCCC(NC(=O)c1ccc(S(=O)(=O)NCCCN2CCCCC2C)cc1-c1ccccc1C)C(=O)O. The monoisotopic (exact) mass is 561 g/mol. The highest BCUT2D eigenvalue weighted by Gasteiger charge is 2.25. The van der Waals surface area contributed by atoms with E-state index in [9.17, 15) is 23.1 Å². The van der Waals surface area contributed by atoms with Crippen LogP contribution in [0.15, 0.2) is 47.4 Å². The number of nitrogens with zero attached hydrogens (tertiary/aromatic N) is 1. The lowest BCUT2D eigenvalue weighted by atomic mass is 9.95. The maximum Gasteiger partial charge on any atom is 0.326 e. The van der Waals surface area contributed by atoms with E-state index in [1.165, 1.54) is 49.2 Å². The Morgan fingerprint density at radius 2 is 1.92 bits per heavy atom. The molecule has 2 unspecified atom stereocenters. The Morgan fingerprint density at radius 1 is 1.16 bits per heavy atom. The summed E-state index contributed by atoms with van der Waals surface area (Å²) < 4.78 is 29.1. The highest BCUT2D eigenvalue weighted by atomic mass is 32.2. The minimum atomic E-state index is -3.81. The summed E-state index contributed by atoms with van der Waals surface area (Å²) in [6.45, 7) is 6.32. The van der Waals surface area contributed by atoms with E-state index >= 15 is 0 Å². The lowest BCUT2D eigenvalue weighted by molar-refractivity contribution is -0.139. The summed E-state index contributed by atoms with van der Waals surface area (Å²) in [7, 11) is -3.81. The molecule has 0 spiro atoms. The number of thioether (sulfide) groups is 1. The molecule has 0 saturated carbocycles. The van der Waals surface area contributed by atoms with Crippen molar-refractivity contribution >= 4 is 33.7 Å². The fraction of sp³-hybridized carbons (Fsp3) is 0.500. The van der Waals surface area contributed by atoms with E-state index in [1.807, 2.05) is 37.4 Å². The lowest BCUT2D eigenvalue weighted by Crippen LogP contribution is -2.41. The number of benzene rings is 2. The van der Waals surface area contributed by atoms with Gasteiger partial charge in [-0.2, -0.15) is 11.8 Å². The fourth-order valence-electron chi connectivity index (χ4n) is 4.78. The largest absolute Gasteiger partial charge is 0.480 e. The van der Waals surface area contributed by atoms with Gasteiger partial charge in [0.05, 0.1) is 4.90 Å². The summed E-state index contributed by atoms with van der Waals surface area (Å²) in [5.41, 5.74) is 2.26. The number of piperidine rings is 1. The summed E-state index contributed by atoms with van der Waals surface area (Å²) in [4.78, 5) is 27.4. The van der Waals surface area contributed by atoms with Crippen molar-refractivity contribution in [2.45, 2.75) is 62.9 Å². The maximum atomic E-state index is 13.2. The van der Waals surface area contributed by atoms with Crippen LogP contribution in [0.2, 0.25) is 0 Å². The zero-order valence-corrected chi connectivity index (χ0v) is 24.0. The molecule has 0 bridgehead atoms. The van der Waals surface area contributed by atoms with Crippen molar-refractivity contribution in [3.05, 3.63) is 53.6 Å². The maximum absolute atomic E-state index is 13.2. The number of likely N-dealkylation sites (tertiary alicyclic amines) is 1. The molecule has 208 valence electrons. The van der Waals surface area contributed by atoms with E-state index in [2.05, 4.69) is 21.9 Å². The van der Waals surface area contributed by atoms with Crippen LogP contribution in [0.25, 0.3) is 11.1 Å². The van der Waals surface area contributed by atoms with Crippen LogP contribution in [0, 0.1) is 6.92 Å². The number of sulfonamides is 1. The number of carboxylic acid groups (broad SMARTS) is 1. The Kier molecular flexibility index (Phi) is 11.2. The summed E-state index contributed by atoms with van der Waals surface area (Å²) in [5, 5.41) is 12.2. The molecule has 0 aliphatic carbocycles. The topological polar surface area (TPSA) is 116 Å². The molecule has 3 rings (SSSR count). The van der Waals surface area contributed by atoms with E-state index in [0.29, 0.717) is 35.9 Å². The zero-order valence-electron chi connectivity index (χ0n) is 22.4. The van der Waals surface area contributed by atoms with Gasteiger partial charge >= 0.3 is 5.97 Å². The molecule has 3 N–H and O–H groups in total. The van der Waals surface area contributed by atoms with Crippen LogP contribution in [-0.2, 0) is 14.8 Å². The first kappa shape index (κ1) is 30.1.